The van der Waals surface area contributed by atoms with Gasteiger partial charge in [-0.15, -0.1) is 0 Å². The summed E-state index contributed by atoms with van der Waals surface area (Å²) in [6.45, 7) is -0.444. The third-order valence-corrected chi connectivity index (χ3v) is 4.72. The molecule has 1 heterocycles. The number of carbonyl (C=O) groups excluding carboxylic acids is 1. The van der Waals surface area contributed by atoms with Crippen LogP contribution in [0.1, 0.15) is 19.3 Å². The van der Waals surface area contributed by atoms with Gasteiger partial charge in [0.05, 0.1) is 25.4 Å². The maximum absolute atomic E-state index is 12.0. The van der Waals surface area contributed by atoms with Gasteiger partial charge in [0.25, 0.3) is 0 Å². The van der Waals surface area contributed by atoms with Crippen molar-refractivity contribution in [2.75, 3.05) is 19.0 Å². The Kier molecular flexibility index (Phi) is 3.30. The molecule has 0 spiro atoms. The van der Waals surface area contributed by atoms with Crippen LogP contribution in [0, 0.1) is 0 Å². The molecular weight excluding hydrogens is 273 g/mol. The van der Waals surface area contributed by atoms with Crippen molar-refractivity contribution in [2.24, 2.45) is 0 Å². The largest absolute Gasteiger partial charge is 0.390 e. The van der Waals surface area contributed by atoms with Crippen LogP contribution in [0.15, 0.2) is 0 Å². The van der Waals surface area contributed by atoms with Gasteiger partial charge in [0, 0.05) is 6.04 Å². The molecule has 0 aromatic heterocycles. The van der Waals surface area contributed by atoms with Gasteiger partial charge in [-0.05, 0) is 12.8 Å². The highest BCUT2D eigenvalue weighted by Gasteiger charge is 2.43. The molecule has 2 fully saturated rings. The van der Waals surface area contributed by atoms with Gasteiger partial charge in [0.1, 0.15) is 0 Å². The molecule has 0 atom stereocenters. The molecule has 0 radical (unpaired) electrons. The number of halogens is 3. The Balaban J connectivity index is 1.96. The van der Waals surface area contributed by atoms with Gasteiger partial charge in [0.2, 0.25) is 15.9 Å². The van der Waals surface area contributed by atoms with Crippen LogP contribution in [0.25, 0.3) is 0 Å². The van der Waals surface area contributed by atoms with Crippen molar-refractivity contribution in [3.8, 4) is 0 Å². The lowest BCUT2D eigenvalue weighted by Crippen LogP contribution is -2.34. The third kappa shape index (κ3) is 3.14. The summed E-state index contributed by atoms with van der Waals surface area (Å²) in [5.41, 5.74) is 0. The summed E-state index contributed by atoms with van der Waals surface area (Å²) in [6.07, 6.45) is -4.22. The van der Waals surface area contributed by atoms with E-state index in [1.807, 2.05) is 0 Å². The molecule has 0 N–H and O–H groups in total. The second-order valence-corrected chi connectivity index (χ2v) is 6.62. The first-order valence-electron chi connectivity index (χ1n) is 5.53. The molecule has 1 aliphatic heterocycles. The van der Waals surface area contributed by atoms with E-state index in [2.05, 4.69) is 0 Å². The third-order valence-electron chi connectivity index (χ3n) is 2.97. The Morgan fingerprint density at radius 2 is 1.89 bits per heavy atom. The summed E-state index contributed by atoms with van der Waals surface area (Å²) in [6, 6.07) is 0.0697. The van der Waals surface area contributed by atoms with Crippen LogP contribution in [0.4, 0.5) is 13.2 Å². The van der Waals surface area contributed by atoms with Crippen LogP contribution in [-0.2, 0) is 14.8 Å². The summed E-state index contributed by atoms with van der Waals surface area (Å²) in [4.78, 5) is 12.9. The van der Waals surface area contributed by atoms with Crippen molar-refractivity contribution >= 4 is 15.9 Å². The van der Waals surface area contributed by atoms with E-state index in [0.717, 1.165) is 17.1 Å². The van der Waals surface area contributed by atoms with Gasteiger partial charge in [-0.3, -0.25) is 4.79 Å². The fourth-order valence-corrected chi connectivity index (χ4v) is 3.16. The highest BCUT2D eigenvalue weighted by atomic mass is 32.2. The molecule has 18 heavy (non-hydrogen) atoms. The fourth-order valence-electron chi connectivity index (χ4n) is 1.81. The molecule has 9 heteroatoms. The molecule has 0 bridgehead atoms. The SMILES string of the molecule is O=C1CN(S(=O)(=O)CCC(F)(F)F)CN1C1CC1. The van der Waals surface area contributed by atoms with Gasteiger partial charge < -0.3 is 4.90 Å². The van der Waals surface area contributed by atoms with E-state index in [1.54, 1.807) is 0 Å². The molecular formula is C9H13F3N2O3S. The van der Waals surface area contributed by atoms with Gasteiger partial charge in [-0.1, -0.05) is 0 Å². The summed E-state index contributed by atoms with van der Waals surface area (Å²) >= 11 is 0. The maximum atomic E-state index is 12.0. The van der Waals surface area contributed by atoms with Crippen LogP contribution in [0.3, 0.4) is 0 Å². The van der Waals surface area contributed by atoms with E-state index in [1.165, 1.54) is 4.90 Å². The Bertz CT molecular complexity index is 444. The Labute approximate surface area is 103 Å². The van der Waals surface area contributed by atoms with E-state index in [-0.39, 0.29) is 25.2 Å². The standard InChI is InChI=1S/C9H13F3N2O3S/c10-9(11,12)3-4-18(16,17)13-5-8(15)14(6-13)7-1-2-7/h7H,1-6H2. The van der Waals surface area contributed by atoms with Crippen molar-refractivity contribution in [2.45, 2.75) is 31.5 Å². The minimum Gasteiger partial charge on any atom is -0.325 e. The molecule has 0 aromatic rings. The van der Waals surface area contributed by atoms with Crippen molar-refractivity contribution in [3.63, 3.8) is 0 Å². The van der Waals surface area contributed by atoms with Crippen LogP contribution in [0.2, 0.25) is 0 Å². The predicted octanol–water partition coefficient (Wildman–Crippen LogP) is 0.533. The molecule has 1 aliphatic carbocycles. The number of hydrogen-bond donors (Lipinski definition) is 0. The van der Waals surface area contributed by atoms with E-state index < -0.39 is 28.4 Å². The van der Waals surface area contributed by atoms with Gasteiger partial charge in [0.15, 0.2) is 0 Å². The summed E-state index contributed by atoms with van der Waals surface area (Å²) in [5.74, 6) is -1.32. The molecule has 104 valence electrons. The van der Waals surface area contributed by atoms with E-state index in [9.17, 15) is 26.4 Å². The Hall–Kier alpha value is -0.830. The smallest absolute Gasteiger partial charge is 0.325 e. The number of carbonyl (C=O) groups is 1. The summed E-state index contributed by atoms with van der Waals surface area (Å²) in [5, 5.41) is 0. The first-order chi connectivity index (χ1) is 8.19. The number of rotatable bonds is 4. The molecule has 1 amide bonds. The zero-order valence-electron chi connectivity index (χ0n) is 9.48. The molecule has 1 saturated heterocycles. The van der Waals surface area contributed by atoms with E-state index in [0.29, 0.717) is 0 Å². The van der Waals surface area contributed by atoms with Crippen molar-refractivity contribution in [1.82, 2.24) is 9.21 Å². The highest BCUT2D eigenvalue weighted by molar-refractivity contribution is 7.89. The lowest BCUT2D eigenvalue weighted by atomic mass is 10.5. The van der Waals surface area contributed by atoms with E-state index in [4.69, 9.17) is 0 Å². The minimum atomic E-state index is -4.51. The lowest BCUT2D eigenvalue weighted by molar-refractivity contribution is -0.130. The van der Waals surface area contributed by atoms with Crippen LogP contribution < -0.4 is 0 Å². The van der Waals surface area contributed by atoms with Crippen LogP contribution >= 0.6 is 0 Å². The van der Waals surface area contributed by atoms with E-state index >= 15 is 0 Å². The number of hydrogen-bond acceptors (Lipinski definition) is 3. The molecule has 1 saturated carbocycles. The Morgan fingerprint density at radius 1 is 1.28 bits per heavy atom. The number of amides is 1. The highest BCUT2D eigenvalue weighted by Crippen LogP contribution is 2.30. The van der Waals surface area contributed by atoms with Gasteiger partial charge in [-0.25, -0.2) is 8.42 Å². The monoisotopic (exact) mass is 286 g/mol. The molecule has 0 unspecified atom stereocenters. The van der Waals surface area contributed by atoms with Crippen molar-refractivity contribution in [3.05, 3.63) is 0 Å². The average Bonchev–Trinajstić information content (AvgIpc) is 2.98. The lowest BCUT2D eigenvalue weighted by Gasteiger charge is -2.17. The molecule has 0 aromatic carbocycles. The zero-order valence-corrected chi connectivity index (χ0v) is 10.3. The molecule has 2 aliphatic rings. The summed E-state index contributed by atoms with van der Waals surface area (Å²) in [7, 11) is -4.01. The van der Waals surface area contributed by atoms with Gasteiger partial charge in [-0.2, -0.15) is 17.5 Å². The quantitative estimate of drug-likeness (QED) is 0.757. The molecule has 2 rings (SSSR count). The van der Waals surface area contributed by atoms with Crippen molar-refractivity contribution in [1.29, 1.82) is 0 Å². The zero-order chi connectivity index (χ0) is 13.6. The first kappa shape index (κ1) is 13.6. The number of nitrogens with zero attached hydrogens (tertiary/aromatic N) is 2. The van der Waals surface area contributed by atoms with Crippen LogP contribution in [0.5, 0.6) is 0 Å². The average molecular weight is 286 g/mol. The maximum Gasteiger partial charge on any atom is 0.390 e. The normalized spacial score (nSPS) is 22.8. The molecule has 5 nitrogen and oxygen atoms in total. The van der Waals surface area contributed by atoms with Crippen molar-refractivity contribution < 1.29 is 26.4 Å². The number of alkyl halides is 3. The van der Waals surface area contributed by atoms with Crippen LogP contribution in [-0.4, -0.2) is 54.7 Å². The predicted molar refractivity (Wildman–Crippen MR) is 55.9 cm³/mol. The van der Waals surface area contributed by atoms with Gasteiger partial charge >= 0.3 is 6.18 Å². The number of sulfonamides is 1. The second kappa shape index (κ2) is 4.37. The topological polar surface area (TPSA) is 57.7 Å². The minimum absolute atomic E-state index is 0.0697. The summed E-state index contributed by atoms with van der Waals surface area (Å²) < 4.78 is 60.2. The second-order valence-electron chi connectivity index (χ2n) is 4.53. The fraction of sp³-hybridized carbons (Fsp3) is 0.889. The first-order valence-corrected chi connectivity index (χ1v) is 7.14. The Morgan fingerprint density at radius 3 is 2.39 bits per heavy atom.